The molecule has 0 rings (SSSR count). The lowest BCUT2D eigenvalue weighted by atomic mass is 10.0. The van der Waals surface area contributed by atoms with Crippen molar-refractivity contribution in [2.24, 2.45) is 0 Å². The van der Waals surface area contributed by atoms with Crippen molar-refractivity contribution in [3.05, 3.63) is 97.2 Å². The highest BCUT2D eigenvalue weighted by molar-refractivity contribution is 5.71. The van der Waals surface area contributed by atoms with E-state index in [1.165, 1.54) is 83.5 Å². The predicted molar refractivity (Wildman–Crippen MR) is 251 cm³/mol. The molecule has 0 radical (unpaired) electrons. The van der Waals surface area contributed by atoms with Gasteiger partial charge >= 0.3 is 17.9 Å². The Hall–Kier alpha value is -3.67. The minimum Gasteiger partial charge on any atom is -0.462 e. The molecule has 0 spiro atoms. The van der Waals surface area contributed by atoms with Crippen LogP contribution >= 0.6 is 0 Å². The number of ether oxygens (including phenoxy) is 3. The van der Waals surface area contributed by atoms with Crippen molar-refractivity contribution in [3.63, 3.8) is 0 Å². The lowest BCUT2D eigenvalue weighted by Crippen LogP contribution is -2.30. The highest BCUT2D eigenvalue weighted by atomic mass is 16.6. The van der Waals surface area contributed by atoms with Gasteiger partial charge in [-0.05, 0) is 64.2 Å². The molecule has 0 fully saturated rings. The number of carbonyl (C=O) groups excluding carboxylic acids is 3. The topological polar surface area (TPSA) is 78.9 Å². The summed E-state index contributed by atoms with van der Waals surface area (Å²) in [7, 11) is 0. The second-order valence-electron chi connectivity index (χ2n) is 15.4. The zero-order chi connectivity index (χ0) is 43.0. The number of carbonyl (C=O) groups is 3. The first-order valence-electron chi connectivity index (χ1n) is 23.8. The Morgan fingerprint density at radius 1 is 0.373 bits per heavy atom. The Bertz CT molecular complexity index is 1220. The first kappa shape index (κ1) is 55.3. The molecule has 0 aliphatic carbocycles. The molecule has 1 atom stereocenters. The predicted octanol–water partition coefficient (Wildman–Crippen LogP) is 15.4. The van der Waals surface area contributed by atoms with Gasteiger partial charge in [0, 0.05) is 19.3 Å². The smallest absolute Gasteiger partial charge is 0.306 e. The van der Waals surface area contributed by atoms with Gasteiger partial charge in [0.05, 0.1) is 0 Å². The number of esters is 3. The first-order valence-corrected chi connectivity index (χ1v) is 23.8. The van der Waals surface area contributed by atoms with Crippen LogP contribution in [0.4, 0.5) is 0 Å². The van der Waals surface area contributed by atoms with E-state index in [4.69, 9.17) is 14.2 Å². The van der Waals surface area contributed by atoms with E-state index in [9.17, 15) is 14.4 Å². The Morgan fingerprint density at radius 2 is 0.763 bits per heavy atom. The molecule has 0 amide bonds. The molecule has 334 valence electrons. The van der Waals surface area contributed by atoms with Gasteiger partial charge in [0.1, 0.15) is 13.2 Å². The third-order valence-corrected chi connectivity index (χ3v) is 9.71. The van der Waals surface area contributed by atoms with Gasteiger partial charge in [0.15, 0.2) is 6.10 Å². The SMILES string of the molecule is CC\C=C/C=C\C=C/C=C\C=C/CCCC(=O)OC(COC(=O)CCCC/C=C\C/C=C\C/C=C\CC)COC(=O)CCCCCCCCCCCCCCCCCC. The second kappa shape index (κ2) is 47.0. The summed E-state index contributed by atoms with van der Waals surface area (Å²) in [6, 6.07) is 0. The molecule has 0 saturated heterocycles. The van der Waals surface area contributed by atoms with Gasteiger partial charge in [-0.1, -0.05) is 214 Å². The molecule has 6 nitrogen and oxygen atoms in total. The molecular weight excluding hydrogens is 733 g/mol. The van der Waals surface area contributed by atoms with Crippen LogP contribution in [0.1, 0.15) is 201 Å². The van der Waals surface area contributed by atoms with Crippen molar-refractivity contribution in [3.8, 4) is 0 Å². The van der Waals surface area contributed by atoms with Gasteiger partial charge in [0.2, 0.25) is 0 Å². The zero-order valence-electron chi connectivity index (χ0n) is 38.0. The van der Waals surface area contributed by atoms with E-state index in [0.717, 1.165) is 64.2 Å². The fraction of sp³-hybridized carbons (Fsp3) is 0.642. The number of allylic oxidation sites excluding steroid dienone is 16. The number of hydrogen-bond acceptors (Lipinski definition) is 6. The summed E-state index contributed by atoms with van der Waals surface area (Å²) < 4.78 is 16.6. The summed E-state index contributed by atoms with van der Waals surface area (Å²) in [5.74, 6) is -1.04. The summed E-state index contributed by atoms with van der Waals surface area (Å²) in [6.07, 6.45) is 61.2. The summed E-state index contributed by atoms with van der Waals surface area (Å²) in [5.41, 5.74) is 0. The summed E-state index contributed by atoms with van der Waals surface area (Å²) in [5, 5.41) is 0. The minimum absolute atomic E-state index is 0.118. The van der Waals surface area contributed by atoms with Crippen LogP contribution in [0, 0.1) is 0 Å². The molecular formula is C53H86O6. The summed E-state index contributed by atoms with van der Waals surface area (Å²) in [6.45, 7) is 6.26. The Balaban J connectivity index is 4.51. The van der Waals surface area contributed by atoms with Crippen molar-refractivity contribution in [1.82, 2.24) is 0 Å². The van der Waals surface area contributed by atoms with Crippen molar-refractivity contribution in [1.29, 1.82) is 0 Å². The number of unbranched alkanes of at least 4 members (excludes halogenated alkanes) is 18. The Labute approximate surface area is 362 Å². The molecule has 1 unspecified atom stereocenters. The average molecular weight is 819 g/mol. The standard InChI is InChI=1S/C53H86O6/c1-4-7-10-13-16-19-22-25-26-27-29-31-34-37-40-43-46-52(55)58-49-50(48-57-51(54)45-42-39-36-33-30-24-21-18-15-12-9-6-3)59-53(56)47-44-41-38-35-32-28-23-20-17-14-11-8-5-2/h8-9,11-12,14,17-18,20-21,23,28,30,32-33,35,38,50H,4-7,10,13,15-16,19,22,24-27,29,31,34,36-37,39-49H2,1-3H3/b11-8-,12-9-,17-14-,21-18-,23-20-,32-28-,33-30-,38-35-. The lowest BCUT2D eigenvalue weighted by molar-refractivity contribution is -0.167. The van der Waals surface area contributed by atoms with Crippen molar-refractivity contribution >= 4 is 17.9 Å². The van der Waals surface area contributed by atoms with Crippen LogP contribution in [0.5, 0.6) is 0 Å². The van der Waals surface area contributed by atoms with Crippen LogP contribution in [-0.4, -0.2) is 37.2 Å². The monoisotopic (exact) mass is 819 g/mol. The molecule has 0 aromatic rings. The summed E-state index contributed by atoms with van der Waals surface area (Å²) >= 11 is 0. The van der Waals surface area contributed by atoms with Crippen LogP contribution in [-0.2, 0) is 28.6 Å². The molecule has 0 bridgehead atoms. The average Bonchev–Trinajstić information content (AvgIpc) is 3.23. The third-order valence-electron chi connectivity index (χ3n) is 9.71. The maximum atomic E-state index is 12.7. The lowest BCUT2D eigenvalue weighted by Gasteiger charge is -2.18. The Kier molecular flexibility index (Phi) is 44.1. The number of hydrogen-bond donors (Lipinski definition) is 0. The molecule has 0 aliphatic heterocycles. The van der Waals surface area contributed by atoms with Gasteiger partial charge < -0.3 is 14.2 Å². The van der Waals surface area contributed by atoms with E-state index in [-0.39, 0.29) is 31.6 Å². The zero-order valence-corrected chi connectivity index (χ0v) is 38.0. The Morgan fingerprint density at radius 3 is 1.27 bits per heavy atom. The number of rotatable bonds is 41. The van der Waals surface area contributed by atoms with Crippen molar-refractivity contribution < 1.29 is 28.6 Å². The summed E-state index contributed by atoms with van der Waals surface area (Å²) in [4.78, 5) is 37.8. The minimum atomic E-state index is -0.827. The van der Waals surface area contributed by atoms with E-state index < -0.39 is 12.1 Å². The van der Waals surface area contributed by atoms with Crippen LogP contribution < -0.4 is 0 Å². The molecule has 59 heavy (non-hydrogen) atoms. The van der Waals surface area contributed by atoms with Crippen molar-refractivity contribution in [2.75, 3.05) is 13.2 Å². The van der Waals surface area contributed by atoms with Gasteiger partial charge in [-0.25, -0.2) is 0 Å². The largest absolute Gasteiger partial charge is 0.462 e. The van der Waals surface area contributed by atoms with Crippen molar-refractivity contribution in [2.45, 2.75) is 207 Å². The molecule has 6 heteroatoms. The van der Waals surface area contributed by atoms with Crippen LogP contribution in [0.2, 0.25) is 0 Å². The first-order chi connectivity index (χ1) is 29.0. The van der Waals surface area contributed by atoms with Crippen LogP contribution in [0.3, 0.4) is 0 Å². The van der Waals surface area contributed by atoms with Crippen LogP contribution in [0.25, 0.3) is 0 Å². The highest BCUT2D eigenvalue weighted by Crippen LogP contribution is 2.15. The molecule has 0 aliphatic rings. The maximum Gasteiger partial charge on any atom is 0.306 e. The fourth-order valence-electron chi connectivity index (χ4n) is 6.19. The van der Waals surface area contributed by atoms with Gasteiger partial charge in [-0.15, -0.1) is 0 Å². The molecule has 0 N–H and O–H groups in total. The molecule has 0 aromatic heterocycles. The normalized spacial score (nSPS) is 12.9. The van der Waals surface area contributed by atoms with E-state index in [2.05, 4.69) is 63.3 Å². The molecule has 0 saturated carbocycles. The van der Waals surface area contributed by atoms with E-state index in [1.54, 1.807) is 0 Å². The van der Waals surface area contributed by atoms with E-state index in [0.29, 0.717) is 25.7 Å². The van der Waals surface area contributed by atoms with Gasteiger partial charge in [0.25, 0.3) is 0 Å². The van der Waals surface area contributed by atoms with E-state index >= 15 is 0 Å². The van der Waals surface area contributed by atoms with Gasteiger partial charge in [-0.3, -0.25) is 14.4 Å². The van der Waals surface area contributed by atoms with Crippen LogP contribution in [0.15, 0.2) is 97.2 Å². The molecule has 0 heterocycles. The highest BCUT2D eigenvalue weighted by Gasteiger charge is 2.19. The van der Waals surface area contributed by atoms with E-state index in [1.807, 2.05) is 54.7 Å². The molecule has 0 aromatic carbocycles. The quantitative estimate of drug-likeness (QED) is 0.0201. The maximum absolute atomic E-state index is 12.7. The van der Waals surface area contributed by atoms with Gasteiger partial charge in [-0.2, -0.15) is 0 Å². The second-order valence-corrected chi connectivity index (χ2v) is 15.4. The fourth-order valence-corrected chi connectivity index (χ4v) is 6.19. The third kappa shape index (κ3) is 45.3.